The summed E-state index contributed by atoms with van der Waals surface area (Å²) in [5, 5.41) is 18.4. The van der Waals surface area contributed by atoms with E-state index in [0.29, 0.717) is 5.69 Å². The first kappa shape index (κ1) is 24.3. The molecule has 0 fully saturated rings. The lowest BCUT2D eigenvalue weighted by molar-refractivity contribution is 0.102. The third-order valence-corrected chi connectivity index (χ3v) is 6.07. The van der Waals surface area contributed by atoms with E-state index in [4.69, 9.17) is 11.6 Å². The Morgan fingerprint density at radius 2 is 1.83 bits per heavy atom. The Labute approximate surface area is 210 Å². The van der Waals surface area contributed by atoms with Crippen molar-refractivity contribution >= 4 is 58.1 Å². The molecule has 0 aliphatic rings. The summed E-state index contributed by atoms with van der Waals surface area (Å²) in [6.07, 6.45) is 1.34. The molecule has 1 heterocycles. The summed E-state index contributed by atoms with van der Waals surface area (Å²) < 4.78 is 14.3. The zero-order valence-corrected chi connectivity index (χ0v) is 20.1. The highest BCUT2D eigenvalue weighted by molar-refractivity contribution is 7.99. The van der Waals surface area contributed by atoms with Gasteiger partial charge in [-0.05, 0) is 54.3 Å². The van der Waals surface area contributed by atoms with Gasteiger partial charge in [-0.25, -0.2) is 9.37 Å². The lowest BCUT2D eigenvalue weighted by Crippen LogP contribution is -2.17. The maximum absolute atomic E-state index is 14.3. The Morgan fingerprint density at radius 3 is 2.57 bits per heavy atom. The molecule has 178 valence electrons. The topological polar surface area (TPSA) is 99.2 Å². The second-order valence-corrected chi connectivity index (χ2v) is 8.95. The van der Waals surface area contributed by atoms with E-state index in [2.05, 4.69) is 25.9 Å². The molecule has 0 saturated heterocycles. The van der Waals surface area contributed by atoms with Gasteiger partial charge in [-0.3, -0.25) is 4.79 Å². The summed E-state index contributed by atoms with van der Waals surface area (Å²) in [6, 6.07) is 18.2. The van der Waals surface area contributed by atoms with E-state index < -0.39 is 11.7 Å². The van der Waals surface area contributed by atoms with E-state index in [1.165, 1.54) is 36.5 Å². The van der Waals surface area contributed by atoms with Crippen molar-refractivity contribution in [2.45, 2.75) is 11.8 Å². The third-order valence-electron chi connectivity index (χ3n) is 4.80. The number of carbonyl (C=O) groups excluding carboxylic acids is 1. The van der Waals surface area contributed by atoms with Crippen LogP contribution in [0, 0.1) is 5.82 Å². The molecule has 3 aromatic carbocycles. The summed E-state index contributed by atoms with van der Waals surface area (Å²) >= 11 is 7.72. The first-order valence-corrected chi connectivity index (χ1v) is 12.0. The average Bonchev–Trinajstić information content (AvgIpc) is 2.84. The van der Waals surface area contributed by atoms with Gasteiger partial charge in [0.2, 0.25) is 5.95 Å². The molecule has 0 aliphatic heterocycles. The summed E-state index contributed by atoms with van der Waals surface area (Å²) in [4.78, 5) is 22.9. The number of halogens is 2. The molecule has 4 aromatic rings. The number of benzene rings is 3. The van der Waals surface area contributed by atoms with Crippen LogP contribution in [0.2, 0.25) is 5.02 Å². The Kier molecular flexibility index (Phi) is 7.69. The lowest BCUT2D eigenvalue weighted by Gasteiger charge is -2.15. The molecule has 0 atom stereocenters. The summed E-state index contributed by atoms with van der Waals surface area (Å²) in [7, 11) is 0. The van der Waals surface area contributed by atoms with Crippen molar-refractivity contribution < 1.29 is 14.3 Å². The normalized spacial score (nSPS) is 10.6. The van der Waals surface area contributed by atoms with Crippen molar-refractivity contribution in [1.82, 2.24) is 9.97 Å². The van der Waals surface area contributed by atoms with Crippen LogP contribution < -0.4 is 16.0 Å². The van der Waals surface area contributed by atoms with E-state index >= 15 is 0 Å². The zero-order valence-electron chi connectivity index (χ0n) is 18.5. The number of nitrogens with one attached hydrogen (secondary N) is 3. The van der Waals surface area contributed by atoms with Crippen molar-refractivity contribution in [3.8, 4) is 5.75 Å². The van der Waals surface area contributed by atoms with Gasteiger partial charge >= 0.3 is 0 Å². The Bertz CT molecular complexity index is 1330. The number of hydrogen-bond donors (Lipinski definition) is 4. The number of anilines is 5. The van der Waals surface area contributed by atoms with Crippen LogP contribution in [0.1, 0.15) is 17.3 Å². The first-order chi connectivity index (χ1) is 16.9. The average molecular weight is 510 g/mol. The number of hydrogen-bond acceptors (Lipinski definition) is 7. The quantitative estimate of drug-likeness (QED) is 0.153. The molecule has 10 heteroatoms. The highest BCUT2D eigenvalue weighted by Gasteiger charge is 2.19. The van der Waals surface area contributed by atoms with Gasteiger partial charge in [0.1, 0.15) is 22.9 Å². The van der Waals surface area contributed by atoms with Crippen LogP contribution in [-0.2, 0) is 0 Å². The third kappa shape index (κ3) is 6.00. The van der Waals surface area contributed by atoms with Crippen molar-refractivity contribution in [2.75, 3.05) is 21.7 Å². The Morgan fingerprint density at radius 1 is 1.06 bits per heavy atom. The Hall–Kier alpha value is -3.82. The molecular formula is C25H21ClFN5O2S. The second kappa shape index (κ2) is 11.1. The van der Waals surface area contributed by atoms with Crippen LogP contribution in [-0.4, -0.2) is 26.7 Å². The molecule has 1 amide bonds. The van der Waals surface area contributed by atoms with Gasteiger partial charge in [-0.1, -0.05) is 36.7 Å². The molecule has 0 saturated carbocycles. The monoisotopic (exact) mass is 509 g/mol. The number of nitrogens with zero attached hydrogens (tertiary/aromatic N) is 2. The summed E-state index contributed by atoms with van der Waals surface area (Å²) in [6.45, 7) is 2.04. The number of amides is 1. The molecule has 1 aromatic heterocycles. The van der Waals surface area contributed by atoms with Crippen LogP contribution in [0.15, 0.2) is 77.8 Å². The highest BCUT2D eigenvalue weighted by Crippen LogP contribution is 2.31. The smallest absolute Gasteiger partial charge is 0.261 e. The van der Waals surface area contributed by atoms with Gasteiger partial charge in [0.05, 0.1) is 16.4 Å². The van der Waals surface area contributed by atoms with Gasteiger partial charge in [0.15, 0.2) is 0 Å². The van der Waals surface area contributed by atoms with Crippen LogP contribution >= 0.6 is 23.4 Å². The number of carbonyl (C=O) groups is 1. The first-order valence-electron chi connectivity index (χ1n) is 10.6. The lowest BCUT2D eigenvalue weighted by atomic mass is 10.2. The summed E-state index contributed by atoms with van der Waals surface area (Å²) in [5.74, 6) is 0.139. The fourth-order valence-electron chi connectivity index (χ4n) is 3.15. The molecule has 0 unspecified atom stereocenters. The van der Waals surface area contributed by atoms with Crippen molar-refractivity contribution in [1.29, 1.82) is 0 Å². The molecule has 0 aliphatic carbocycles. The summed E-state index contributed by atoms with van der Waals surface area (Å²) in [5.41, 5.74) is 1.37. The van der Waals surface area contributed by atoms with Crippen molar-refractivity contribution in [3.63, 3.8) is 0 Å². The van der Waals surface area contributed by atoms with Crippen LogP contribution in [0.3, 0.4) is 0 Å². The minimum Gasteiger partial charge on any atom is -0.508 e. The molecule has 0 spiro atoms. The highest BCUT2D eigenvalue weighted by atomic mass is 35.5. The fourth-order valence-corrected chi connectivity index (χ4v) is 4.12. The molecule has 7 nitrogen and oxygen atoms in total. The van der Waals surface area contributed by atoms with Gasteiger partial charge in [-0.15, -0.1) is 11.8 Å². The van der Waals surface area contributed by atoms with Gasteiger partial charge in [0.25, 0.3) is 5.91 Å². The minimum atomic E-state index is -0.656. The second-order valence-electron chi connectivity index (χ2n) is 7.23. The number of para-hydroxylation sites is 2. The standard InChI is InChI=1S/C25H21ClFN5O2S/c1-2-35-21-9-4-3-8-20(21)30-23-17(24(34)31-22-18(26)6-5-7-19(22)27)14-28-25(32-23)29-15-10-12-16(33)13-11-15/h3-14,33H,2H2,1H3,(H,31,34)(H2,28,29,30,32). The number of rotatable bonds is 8. The zero-order chi connectivity index (χ0) is 24.8. The molecule has 4 rings (SSSR count). The maximum atomic E-state index is 14.3. The van der Waals surface area contributed by atoms with Gasteiger partial charge < -0.3 is 21.1 Å². The van der Waals surface area contributed by atoms with E-state index in [-0.39, 0.29) is 33.8 Å². The van der Waals surface area contributed by atoms with E-state index in [1.54, 1.807) is 23.9 Å². The van der Waals surface area contributed by atoms with Crippen molar-refractivity contribution in [3.05, 3.63) is 89.3 Å². The number of phenols is 1. The Balaban J connectivity index is 1.70. The fraction of sp³-hybridized carbons (Fsp3) is 0.0800. The predicted molar refractivity (Wildman–Crippen MR) is 139 cm³/mol. The molecule has 0 radical (unpaired) electrons. The van der Waals surface area contributed by atoms with E-state index in [0.717, 1.165) is 16.3 Å². The molecule has 4 N–H and O–H groups in total. The van der Waals surface area contributed by atoms with Gasteiger partial charge in [-0.2, -0.15) is 4.98 Å². The van der Waals surface area contributed by atoms with Crippen molar-refractivity contribution in [2.24, 2.45) is 0 Å². The number of aromatic nitrogens is 2. The molecule has 0 bridgehead atoms. The number of phenolic OH excluding ortho intramolecular Hbond substituents is 1. The number of thioether (sulfide) groups is 1. The number of aromatic hydroxyl groups is 1. The molecular weight excluding hydrogens is 489 g/mol. The van der Waals surface area contributed by atoms with Crippen LogP contribution in [0.25, 0.3) is 0 Å². The maximum Gasteiger partial charge on any atom is 0.261 e. The van der Waals surface area contributed by atoms with E-state index in [9.17, 15) is 14.3 Å². The SMILES string of the molecule is CCSc1ccccc1Nc1nc(Nc2ccc(O)cc2)ncc1C(=O)Nc1c(F)cccc1Cl. The van der Waals surface area contributed by atoms with Crippen LogP contribution in [0.5, 0.6) is 5.75 Å². The largest absolute Gasteiger partial charge is 0.508 e. The predicted octanol–water partition coefficient (Wildman–Crippen LogP) is 6.83. The van der Waals surface area contributed by atoms with Gasteiger partial charge in [0, 0.05) is 16.8 Å². The van der Waals surface area contributed by atoms with Crippen LogP contribution in [0.4, 0.5) is 33.2 Å². The molecule has 35 heavy (non-hydrogen) atoms. The van der Waals surface area contributed by atoms with E-state index in [1.807, 2.05) is 31.2 Å². The minimum absolute atomic E-state index is 0.0732.